The number of anilines is 1. The van der Waals surface area contributed by atoms with Crippen molar-refractivity contribution in [2.75, 3.05) is 25.1 Å². The lowest BCUT2D eigenvalue weighted by atomic mass is 10.1. The van der Waals surface area contributed by atoms with Crippen LogP contribution < -0.4 is 13.8 Å². The van der Waals surface area contributed by atoms with Gasteiger partial charge in [-0.3, -0.25) is 8.51 Å². The molecule has 28 heavy (non-hydrogen) atoms. The zero-order valence-corrected chi connectivity index (χ0v) is 16.3. The van der Waals surface area contributed by atoms with E-state index in [2.05, 4.69) is 0 Å². The quantitative estimate of drug-likeness (QED) is 0.477. The van der Waals surface area contributed by atoms with Gasteiger partial charge in [0.05, 0.1) is 19.9 Å². The Morgan fingerprint density at radius 3 is 2.36 bits per heavy atom. The van der Waals surface area contributed by atoms with Crippen LogP contribution in [0.4, 0.5) is 10.1 Å². The normalized spacial score (nSPS) is 11.7. The van der Waals surface area contributed by atoms with Crippen molar-refractivity contribution in [3.8, 4) is 11.5 Å². The number of aromatic carboxylic acids is 1. The number of aryl methyl sites for hydroxylation is 1. The molecule has 2 aromatic carbocycles. The highest BCUT2D eigenvalue weighted by molar-refractivity contribution is 7.80. The molecule has 0 aliphatic heterocycles. The van der Waals surface area contributed by atoms with Crippen molar-refractivity contribution in [1.29, 1.82) is 0 Å². The predicted octanol–water partition coefficient (Wildman–Crippen LogP) is 3.16. The molecular formula is C19H21FNO6S-. The number of unbranched alkanes of at least 4 members (excludes halogenated alkanes) is 1. The number of methoxy groups -OCH3 is 2. The number of halogens is 1. The van der Waals surface area contributed by atoms with Crippen molar-refractivity contribution < 1.29 is 32.5 Å². The van der Waals surface area contributed by atoms with Crippen molar-refractivity contribution in [3.05, 3.63) is 53.3 Å². The second-order valence-electron chi connectivity index (χ2n) is 5.90. The van der Waals surface area contributed by atoms with Gasteiger partial charge in [-0.15, -0.1) is 0 Å². The summed E-state index contributed by atoms with van der Waals surface area (Å²) in [7, 11) is 2.76. The molecule has 0 spiro atoms. The second kappa shape index (κ2) is 10.0. The van der Waals surface area contributed by atoms with Gasteiger partial charge < -0.3 is 19.1 Å². The fourth-order valence-corrected chi connectivity index (χ4v) is 3.38. The molecule has 2 aromatic rings. The SMILES string of the molecule is COc1ccc(CCCCN(c2ccc(F)c(C(=O)O)c2OC)S(=O)[O-])cc1. The highest BCUT2D eigenvalue weighted by Gasteiger charge is 2.23. The molecule has 0 amide bonds. The van der Waals surface area contributed by atoms with Crippen LogP contribution in [0.25, 0.3) is 0 Å². The molecule has 0 saturated carbocycles. The Morgan fingerprint density at radius 1 is 1.14 bits per heavy atom. The third-order valence-corrected chi connectivity index (χ3v) is 4.93. The van der Waals surface area contributed by atoms with Gasteiger partial charge >= 0.3 is 5.97 Å². The Labute approximate surface area is 165 Å². The maximum Gasteiger partial charge on any atom is 0.342 e. The van der Waals surface area contributed by atoms with Gasteiger partial charge in [-0.25, -0.2) is 9.18 Å². The van der Waals surface area contributed by atoms with Gasteiger partial charge in [-0.05, 0) is 49.1 Å². The first kappa shape index (κ1) is 21.6. The van der Waals surface area contributed by atoms with Gasteiger partial charge in [0.2, 0.25) is 0 Å². The Kier molecular flexibility index (Phi) is 7.77. The lowest BCUT2D eigenvalue weighted by Gasteiger charge is -2.28. The molecule has 0 aliphatic rings. The average Bonchev–Trinajstić information content (AvgIpc) is 2.68. The smallest absolute Gasteiger partial charge is 0.342 e. The summed E-state index contributed by atoms with van der Waals surface area (Å²) in [5.41, 5.74) is 0.371. The molecule has 1 atom stereocenters. The van der Waals surface area contributed by atoms with Gasteiger partial charge in [-0.2, -0.15) is 0 Å². The van der Waals surface area contributed by atoms with Crippen LogP contribution in [-0.4, -0.2) is 40.6 Å². The predicted molar refractivity (Wildman–Crippen MR) is 102 cm³/mol. The third-order valence-electron chi connectivity index (χ3n) is 4.19. The number of hydrogen-bond acceptors (Lipinski definition) is 5. The van der Waals surface area contributed by atoms with Crippen molar-refractivity contribution in [2.45, 2.75) is 19.3 Å². The zero-order valence-electron chi connectivity index (χ0n) is 15.5. The number of hydrogen-bond donors (Lipinski definition) is 1. The summed E-state index contributed by atoms with van der Waals surface area (Å²) >= 11 is -2.68. The lowest BCUT2D eigenvalue weighted by molar-refractivity contribution is 0.0688. The highest BCUT2D eigenvalue weighted by Crippen LogP contribution is 2.34. The molecule has 0 aliphatic carbocycles. The summed E-state index contributed by atoms with van der Waals surface area (Å²) in [5, 5.41) is 9.20. The molecule has 0 bridgehead atoms. The Bertz CT molecular complexity index is 843. The number of carboxylic acid groups (broad SMARTS) is 1. The molecule has 7 nitrogen and oxygen atoms in total. The van der Waals surface area contributed by atoms with Crippen LogP contribution in [0, 0.1) is 5.82 Å². The summed E-state index contributed by atoms with van der Waals surface area (Å²) in [6.45, 7) is 0.104. The van der Waals surface area contributed by atoms with E-state index >= 15 is 0 Å². The van der Waals surface area contributed by atoms with E-state index < -0.39 is 28.6 Å². The highest BCUT2D eigenvalue weighted by atomic mass is 32.2. The number of benzene rings is 2. The molecule has 9 heteroatoms. The van der Waals surface area contributed by atoms with Gasteiger partial charge in [-0.1, -0.05) is 12.1 Å². The van der Waals surface area contributed by atoms with Gasteiger partial charge in [0, 0.05) is 17.8 Å². The van der Waals surface area contributed by atoms with Crippen LogP contribution in [0.3, 0.4) is 0 Å². The van der Waals surface area contributed by atoms with Gasteiger partial charge in [0.25, 0.3) is 0 Å². The standard InChI is InChI=1S/C19H22FNO6S/c1-26-14-8-6-13(7-9-14)5-3-4-12-21(28(24)25)16-11-10-15(20)17(19(22)23)18(16)27-2/h6-11H,3-5,12H2,1-2H3,(H,22,23)(H,24,25)/p-1. The van der Waals surface area contributed by atoms with Gasteiger partial charge in [0.15, 0.2) is 5.75 Å². The largest absolute Gasteiger partial charge is 0.755 e. The molecular weight excluding hydrogens is 389 g/mol. The number of rotatable bonds is 10. The van der Waals surface area contributed by atoms with Crippen LogP contribution in [0.1, 0.15) is 28.8 Å². The van der Waals surface area contributed by atoms with E-state index in [1.54, 1.807) is 7.11 Å². The van der Waals surface area contributed by atoms with Crippen LogP contribution in [-0.2, 0) is 17.7 Å². The zero-order chi connectivity index (χ0) is 20.7. The third kappa shape index (κ3) is 5.20. The molecule has 2 rings (SSSR count). The van der Waals surface area contributed by atoms with Crippen molar-refractivity contribution in [2.24, 2.45) is 0 Å². The topological polar surface area (TPSA) is 99.1 Å². The van der Waals surface area contributed by atoms with Crippen molar-refractivity contribution in [3.63, 3.8) is 0 Å². The monoisotopic (exact) mass is 410 g/mol. The first-order valence-corrected chi connectivity index (χ1v) is 9.51. The minimum atomic E-state index is -2.68. The van der Waals surface area contributed by atoms with E-state index in [1.807, 2.05) is 24.3 Å². The molecule has 152 valence electrons. The lowest BCUT2D eigenvalue weighted by Crippen LogP contribution is -2.27. The molecule has 1 unspecified atom stereocenters. The summed E-state index contributed by atoms with van der Waals surface area (Å²) in [4.78, 5) is 11.3. The molecule has 0 saturated heterocycles. The average molecular weight is 410 g/mol. The summed E-state index contributed by atoms with van der Waals surface area (Å²) in [5.74, 6) is -2.10. The summed E-state index contributed by atoms with van der Waals surface area (Å²) in [6, 6.07) is 9.68. The van der Waals surface area contributed by atoms with E-state index in [9.17, 15) is 23.1 Å². The van der Waals surface area contributed by atoms with Crippen LogP contribution >= 0.6 is 0 Å². The Morgan fingerprint density at radius 2 is 1.82 bits per heavy atom. The fourth-order valence-electron chi connectivity index (χ4n) is 2.80. The molecule has 0 aromatic heterocycles. The molecule has 0 radical (unpaired) electrons. The molecule has 0 fully saturated rings. The van der Waals surface area contributed by atoms with E-state index in [-0.39, 0.29) is 18.0 Å². The van der Waals surface area contributed by atoms with Crippen molar-refractivity contribution >= 4 is 22.9 Å². The Hall–Kier alpha value is -2.65. The first-order valence-electron chi connectivity index (χ1n) is 8.48. The molecule has 1 N–H and O–H groups in total. The first-order chi connectivity index (χ1) is 13.4. The summed E-state index contributed by atoms with van der Waals surface area (Å²) < 4.78 is 48.3. The van der Waals surface area contributed by atoms with E-state index in [4.69, 9.17) is 9.47 Å². The maximum atomic E-state index is 13.8. The number of carboxylic acids is 1. The minimum Gasteiger partial charge on any atom is -0.755 e. The number of nitrogens with zero attached hydrogens (tertiary/aromatic N) is 1. The minimum absolute atomic E-state index is 0.0147. The number of carbonyl (C=O) groups is 1. The van der Waals surface area contributed by atoms with Gasteiger partial charge in [0.1, 0.15) is 17.1 Å². The van der Waals surface area contributed by atoms with Crippen LogP contribution in [0.5, 0.6) is 11.5 Å². The Balaban J connectivity index is 2.10. The van der Waals surface area contributed by atoms with E-state index in [0.29, 0.717) is 12.8 Å². The van der Waals surface area contributed by atoms with Crippen LogP contribution in [0.15, 0.2) is 36.4 Å². The summed E-state index contributed by atoms with van der Waals surface area (Å²) in [6.07, 6.45) is 1.96. The van der Waals surface area contributed by atoms with Crippen LogP contribution in [0.2, 0.25) is 0 Å². The van der Waals surface area contributed by atoms with Crippen molar-refractivity contribution in [1.82, 2.24) is 0 Å². The second-order valence-corrected chi connectivity index (χ2v) is 6.78. The van der Waals surface area contributed by atoms with E-state index in [1.165, 1.54) is 13.2 Å². The molecule has 0 heterocycles. The maximum absolute atomic E-state index is 13.8. The number of ether oxygens (including phenoxy) is 2. The fraction of sp³-hybridized carbons (Fsp3) is 0.316. The van der Waals surface area contributed by atoms with E-state index in [0.717, 1.165) is 28.1 Å².